The fourth-order valence-electron chi connectivity index (χ4n) is 1.59. The van der Waals surface area contributed by atoms with Gasteiger partial charge in [0.15, 0.2) is 0 Å². The van der Waals surface area contributed by atoms with Crippen LogP contribution >= 0.6 is 15.9 Å². The van der Waals surface area contributed by atoms with Crippen molar-refractivity contribution in [1.82, 2.24) is 0 Å². The number of hydrogen-bond acceptors (Lipinski definition) is 2. The Bertz CT molecular complexity index is 596. The SMILES string of the molecule is NC(=O)c1cccc(COc2cc(F)cc(Br)c2)c1. The van der Waals surface area contributed by atoms with E-state index in [0.29, 0.717) is 15.8 Å². The number of ether oxygens (including phenoxy) is 1. The molecule has 5 heteroatoms. The van der Waals surface area contributed by atoms with E-state index in [-0.39, 0.29) is 12.4 Å². The summed E-state index contributed by atoms with van der Waals surface area (Å²) in [6.07, 6.45) is 0. The molecule has 98 valence electrons. The number of carbonyl (C=O) groups excluding carboxylic acids is 1. The lowest BCUT2D eigenvalue weighted by Gasteiger charge is -2.07. The maximum absolute atomic E-state index is 13.2. The van der Waals surface area contributed by atoms with Crippen LogP contribution in [0, 0.1) is 5.82 Å². The Kier molecular flexibility index (Phi) is 4.16. The molecule has 1 amide bonds. The van der Waals surface area contributed by atoms with Gasteiger partial charge in [0.2, 0.25) is 5.91 Å². The molecule has 0 aliphatic heterocycles. The zero-order valence-electron chi connectivity index (χ0n) is 9.90. The molecule has 19 heavy (non-hydrogen) atoms. The number of amides is 1. The molecule has 0 spiro atoms. The second kappa shape index (κ2) is 5.84. The minimum Gasteiger partial charge on any atom is -0.489 e. The molecule has 2 aromatic carbocycles. The third kappa shape index (κ3) is 3.79. The maximum atomic E-state index is 13.2. The van der Waals surface area contributed by atoms with Crippen molar-refractivity contribution in [2.45, 2.75) is 6.61 Å². The number of primary amides is 1. The number of halogens is 2. The van der Waals surface area contributed by atoms with Gasteiger partial charge in [-0.1, -0.05) is 28.1 Å². The molecule has 0 aliphatic carbocycles. The first kappa shape index (κ1) is 13.5. The van der Waals surface area contributed by atoms with Crippen molar-refractivity contribution in [3.05, 3.63) is 63.9 Å². The number of nitrogens with two attached hydrogens (primary N) is 1. The highest BCUT2D eigenvalue weighted by Crippen LogP contribution is 2.21. The zero-order valence-corrected chi connectivity index (χ0v) is 11.5. The minimum absolute atomic E-state index is 0.233. The van der Waals surface area contributed by atoms with Crippen molar-refractivity contribution in [2.75, 3.05) is 0 Å². The molecule has 0 fully saturated rings. The van der Waals surface area contributed by atoms with Crippen LogP contribution in [0.1, 0.15) is 15.9 Å². The maximum Gasteiger partial charge on any atom is 0.248 e. The fourth-order valence-corrected chi connectivity index (χ4v) is 2.04. The number of rotatable bonds is 4. The highest BCUT2D eigenvalue weighted by atomic mass is 79.9. The largest absolute Gasteiger partial charge is 0.489 e. The van der Waals surface area contributed by atoms with Gasteiger partial charge in [-0.25, -0.2) is 4.39 Å². The van der Waals surface area contributed by atoms with Crippen LogP contribution < -0.4 is 10.5 Å². The number of hydrogen-bond donors (Lipinski definition) is 1. The topological polar surface area (TPSA) is 52.3 Å². The lowest BCUT2D eigenvalue weighted by Crippen LogP contribution is -2.11. The molecule has 2 N–H and O–H groups in total. The summed E-state index contributed by atoms with van der Waals surface area (Å²) in [6, 6.07) is 11.1. The summed E-state index contributed by atoms with van der Waals surface area (Å²) in [5, 5.41) is 0. The van der Waals surface area contributed by atoms with E-state index in [1.54, 1.807) is 30.3 Å². The van der Waals surface area contributed by atoms with Gasteiger partial charge in [-0.3, -0.25) is 4.79 Å². The lowest BCUT2D eigenvalue weighted by atomic mass is 10.1. The lowest BCUT2D eigenvalue weighted by molar-refractivity contribution is 0.1000. The normalized spacial score (nSPS) is 10.2. The molecule has 0 atom stereocenters. The van der Waals surface area contributed by atoms with E-state index in [1.165, 1.54) is 12.1 Å². The van der Waals surface area contributed by atoms with E-state index in [4.69, 9.17) is 10.5 Å². The summed E-state index contributed by atoms with van der Waals surface area (Å²) in [5.41, 5.74) is 6.40. The van der Waals surface area contributed by atoms with Crippen LogP contribution in [0.3, 0.4) is 0 Å². The summed E-state index contributed by atoms with van der Waals surface area (Å²) in [7, 11) is 0. The summed E-state index contributed by atoms with van der Waals surface area (Å²) >= 11 is 3.19. The Labute approximate surface area is 118 Å². The molecule has 2 rings (SSSR count). The van der Waals surface area contributed by atoms with E-state index in [2.05, 4.69) is 15.9 Å². The first-order valence-electron chi connectivity index (χ1n) is 5.52. The molecule has 3 nitrogen and oxygen atoms in total. The first-order valence-corrected chi connectivity index (χ1v) is 6.31. The first-order chi connectivity index (χ1) is 9.04. The fraction of sp³-hybridized carbons (Fsp3) is 0.0714. The Balaban J connectivity index is 2.10. The Morgan fingerprint density at radius 1 is 1.26 bits per heavy atom. The van der Waals surface area contributed by atoms with Crippen LogP contribution in [0.5, 0.6) is 5.75 Å². The molecular formula is C14H11BrFNO2. The number of benzene rings is 2. The van der Waals surface area contributed by atoms with Crippen LogP contribution in [0.4, 0.5) is 4.39 Å². The smallest absolute Gasteiger partial charge is 0.248 e. The molecule has 0 aromatic heterocycles. The van der Waals surface area contributed by atoms with Crippen molar-refractivity contribution in [2.24, 2.45) is 5.73 Å². The Hall–Kier alpha value is -1.88. The van der Waals surface area contributed by atoms with Gasteiger partial charge in [0.25, 0.3) is 0 Å². The molecule has 0 radical (unpaired) electrons. The standard InChI is InChI=1S/C14H11BrFNO2/c15-11-5-12(16)7-13(6-11)19-8-9-2-1-3-10(4-9)14(17)18/h1-7H,8H2,(H2,17,18). The van der Waals surface area contributed by atoms with E-state index in [0.717, 1.165) is 5.56 Å². The van der Waals surface area contributed by atoms with Crippen LogP contribution in [0.15, 0.2) is 46.9 Å². The second-order valence-electron chi connectivity index (χ2n) is 3.96. The summed E-state index contributed by atoms with van der Waals surface area (Å²) in [4.78, 5) is 11.0. The van der Waals surface area contributed by atoms with E-state index >= 15 is 0 Å². The molecular weight excluding hydrogens is 313 g/mol. The van der Waals surface area contributed by atoms with Gasteiger partial charge in [-0.2, -0.15) is 0 Å². The van der Waals surface area contributed by atoms with Crippen molar-refractivity contribution in [1.29, 1.82) is 0 Å². The Morgan fingerprint density at radius 3 is 2.74 bits per heavy atom. The van der Waals surface area contributed by atoms with Gasteiger partial charge in [0.05, 0.1) is 0 Å². The van der Waals surface area contributed by atoms with Crippen molar-refractivity contribution < 1.29 is 13.9 Å². The minimum atomic E-state index is -0.490. The highest BCUT2D eigenvalue weighted by molar-refractivity contribution is 9.10. The molecule has 0 heterocycles. The Morgan fingerprint density at radius 2 is 2.05 bits per heavy atom. The average molecular weight is 324 g/mol. The second-order valence-corrected chi connectivity index (χ2v) is 4.87. The van der Waals surface area contributed by atoms with Gasteiger partial charge in [0.1, 0.15) is 18.2 Å². The van der Waals surface area contributed by atoms with Crippen LogP contribution in [-0.2, 0) is 6.61 Å². The molecule has 0 bridgehead atoms. The van der Waals surface area contributed by atoms with Crippen molar-refractivity contribution in [3.8, 4) is 5.75 Å². The summed E-state index contributed by atoms with van der Waals surface area (Å²) in [5.74, 6) is -0.457. The van der Waals surface area contributed by atoms with Gasteiger partial charge >= 0.3 is 0 Å². The molecule has 0 saturated carbocycles. The predicted molar refractivity (Wildman–Crippen MR) is 73.4 cm³/mol. The van der Waals surface area contributed by atoms with Gasteiger partial charge in [0, 0.05) is 16.1 Å². The molecule has 0 saturated heterocycles. The van der Waals surface area contributed by atoms with Gasteiger partial charge in [-0.15, -0.1) is 0 Å². The quantitative estimate of drug-likeness (QED) is 0.938. The van der Waals surface area contributed by atoms with E-state index < -0.39 is 5.91 Å². The molecule has 0 aliphatic rings. The van der Waals surface area contributed by atoms with Gasteiger partial charge < -0.3 is 10.5 Å². The predicted octanol–water partition coefficient (Wildman–Crippen LogP) is 3.27. The van der Waals surface area contributed by atoms with Crippen LogP contribution in [0.2, 0.25) is 0 Å². The molecule has 2 aromatic rings. The third-order valence-electron chi connectivity index (χ3n) is 2.45. The summed E-state index contributed by atoms with van der Waals surface area (Å²) < 4.78 is 19.2. The van der Waals surface area contributed by atoms with Crippen LogP contribution in [0.25, 0.3) is 0 Å². The zero-order chi connectivity index (χ0) is 13.8. The monoisotopic (exact) mass is 323 g/mol. The average Bonchev–Trinajstić information content (AvgIpc) is 2.35. The summed E-state index contributed by atoms with van der Waals surface area (Å²) in [6.45, 7) is 0.233. The third-order valence-corrected chi connectivity index (χ3v) is 2.91. The van der Waals surface area contributed by atoms with Crippen molar-refractivity contribution in [3.63, 3.8) is 0 Å². The van der Waals surface area contributed by atoms with E-state index in [1.807, 2.05) is 0 Å². The number of carbonyl (C=O) groups is 1. The van der Waals surface area contributed by atoms with Gasteiger partial charge in [-0.05, 0) is 29.8 Å². The highest BCUT2D eigenvalue weighted by Gasteiger charge is 2.03. The molecule has 0 unspecified atom stereocenters. The van der Waals surface area contributed by atoms with Crippen LogP contribution in [-0.4, -0.2) is 5.91 Å². The van der Waals surface area contributed by atoms with E-state index in [9.17, 15) is 9.18 Å². The van der Waals surface area contributed by atoms with Crippen molar-refractivity contribution >= 4 is 21.8 Å².